The second-order valence-electron chi connectivity index (χ2n) is 17.5. The fourth-order valence-corrected chi connectivity index (χ4v) is 9.05. The minimum atomic E-state index is -0.287. The van der Waals surface area contributed by atoms with Gasteiger partial charge in [0, 0.05) is 120 Å². The lowest BCUT2D eigenvalue weighted by molar-refractivity contribution is -0.383. The van der Waals surface area contributed by atoms with Gasteiger partial charge >= 0.3 is 0 Å². The van der Waals surface area contributed by atoms with Gasteiger partial charge < -0.3 is 30.2 Å². The molecule has 0 bridgehead atoms. The summed E-state index contributed by atoms with van der Waals surface area (Å²) in [6.45, 7) is 14.9. The number of ether oxygens (including phenoxy) is 1. The minimum Gasteiger partial charge on any atom is -0.455 e. The summed E-state index contributed by atoms with van der Waals surface area (Å²) >= 11 is 6.27. The van der Waals surface area contributed by atoms with Crippen LogP contribution in [0.1, 0.15) is 49.8 Å². The van der Waals surface area contributed by atoms with Gasteiger partial charge in [-0.3, -0.25) is 19.9 Å². The van der Waals surface area contributed by atoms with E-state index in [2.05, 4.69) is 91.4 Å². The molecule has 3 aliphatic rings. The van der Waals surface area contributed by atoms with Crippen molar-refractivity contribution >= 4 is 51.0 Å². The maximum absolute atomic E-state index is 12.5. The van der Waals surface area contributed by atoms with Crippen LogP contribution in [0.4, 0.5) is 22.7 Å². The van der Waals surface area contributed by atoms with E-state index in [1.165, 1.54) is 17.6 Å². The van der Waals surface area contributed by atoms with Crippen molar-refractivity contribution < 1.29 is 9.66 Å². The Morgan fingerprint density at radius 1 is 0.950 bits per heavy atom. The molecule has 1 aliphatic carbocycles. The molecule has 3 N–H and O–H groups in total. The zero-order valence-corrected chi connectivity index (χ0v) is 36.2. The van der Waals surface area contributed by atoms with E-state index in [9.17, 15) is 10.1 Å². The summed E-state index contributed by atoms with van der Waals surface area (Å²) in [5, 5.41) is 20.9. The number of piperazine rings is 2. The topological polar surface area (TPSA) is 118 Å². The van der Waals surface area contributed by atoms with Gasteiger partial charge in [0.05, 0.1) is 16.8 Å². The van der Waals surface area contributed by atoms with Crippen LogP contribution in [0, 0.1) is 15.5 Å². The molecule has 60 heavy (non-hydrogen) atoms. The average molecular weight is 832 g/mol. The van der Waals surface area contributed by atoms with Gasteiger partial charge in [0.25, 0.3) is 5.69 Å². The smallest absolute Gasteiger partial charge is 0.294 e. The number of hydrogen-bond acceptors (Lipinski definition) is 10. The molecule has 8 rings (SSSR count). The highest BCUT2D eigenvalue weighted by Crippen LogP contribution is 2.44. The number of nitro benzene ring substituents is 1. The molecular weight excluding hydrogens is 774 g/mol. The first-order valence-electron chi connectivity index (χ1n) is 21.3. The van der Waals surface area contributed by atoms with Gasteiger partial charge in [0.2, 0.25) is 0 Å². The molecule has 316 valence electrons. The van der Waals surface area contributed by atoms with Crippen molar-refractivity contribution in [2.24, 2.45) is 5.41 Å². The van der Waals surface area contributed by atoms with Gasteiger partial charge in [0.15, 0.2) is 0 Å². The molecule has 0 unspecified atom stereocenters. The third-order valence-corrected chi connectivity index (χ3v) is 12.8. The Kier molecular flexibility index (Phi) is 12.6. The molecule has 13 heteroatoms. The number of benzene rings is 3. The molecule has 5 aromatic rings. The minimum absolute atomic E-state index is 0.0577. The highest BCUT2D eigenvalue weighted by atomic mass is 35.5. The first kappa shape index (κ1) is 41.6. The number of likely N-dealkylation sites (N-methyl/N-ethyl adjacent to an activating group) is 1. The summed E-state index contributed by atoms with van der Waals surface area (Å²) in [6.07, 6.45) is 7.44. The molecule has 2 fully saturated rings. The predicted molar refractivity (Wildman–Crippen MR) is 245 cm³/mol. The Morgan fingerprint density at radius 2 is 1.72 bits per heavy atom. The Hall–Kier alpha value is -5.14. The van der Waals surface area contributed by atoms with E-state index >= 15 is 0 Å². The Labute approximate surface area is 358 Å². The van der Waals surface area contributed by atoms with Crippen LogP contribution < -0.4 is 20.3 Å². The summed E-state index contributed by atoms with van der Waals surface area (Å²) in [5.74, 6) is 1.34. The van der Waals surface area contributed by atoms with Crippen molar-refractivity contribution in [2.45, 2.75) is 39.5 Å². The number of fused-ring (bicyclic) bond motifs is 1. The number of allylic oxidation sites excluding steroid dienone is 1. The normalized spacial score (nSPS) is 17.9. The number of nitro groups is 1. The fourth-order valence-electron chi connectivity index (χ4n) is 8.93. The van der Waals surface area contributed by atoms with E-state index in [0.717, 1.165) is 111 Å². The molecule has 2 aliphatic heterocycles. The van der Waals surface area contributed by atoms with E-state index in [1.54, 1.807) is 17.8 Å². The summed E-state index contributed by atoms with van der Waals surface area (Å²) in [4.78, 5) is 29.7. The lowest BCUT2D eigenvalue weighted by Crippen LogP contribution is -2.47. The third-order valence-electron chi connectivity index (χ3n) is 12.5. The summed E-state index contributed by atoms with van der Waals surface area (Å²) in [6, 6.07) is 22.4. The van der Waals surface area contributed by atoms with Crippen LogP contribution in [-0.2, 0) is 6.42 Å². The second-order valence-corrected chi connectivity index (χ2v) is 17.9. The third kappa shape index (κ3) is 9.90. The van der Waals surface area contributed by atoms with Gasteiger partial charge in [-0.15, -0.1) is 0 Å². The van der Waals surface area contributed by atoms with Crippen LogP contribution in [0.15, 0.2) is 84.7 Å². The summed E-state index contributed by atoms with van der Waals surface area (Å²) < 4.78 is 6.67. The van der Waals surface area contributed by atoms with Crippen LogP contribution in [0.25, 0.3) is 16.6 Å². The molecule has 3 aromatic carbocycles. The number of aromatic nitrogens is 2. The lowest BCUT2D eigenvalue weighted by atomic mass is 9.72. The zero-order chi connectivity index (χ0) is 41.8. The number of nitrogens with zero attached hydrogens (tertiary/aromatic N) is 6. The van der Waals surface area contributed by atoms with E-state index < -0.39 is 0 Å². The number of rotatable bonds is 14. The van der Waals surface area contributed by atoms with Crippen molar-refractivity contribution in [1.29, 1.82) is 0 Å². The van der Waals surface area contributed by atoms with Crippen LogP contribution in [0.2, 0.25) is 5.02 Å². The maximum Gasteiger partial charge on any atom is 0.294 e. The maximum atomic E-state index is 12.5. The Bertz CT molecular complexity index is 2330. The largest absolute Gasteiger partial charge is 0.455 e. The van der Waals surface area contributed by atoms with E-state index in [1.807, 2.05) is 43.6 Å². The standard InChI is InChI=1S/C47H58ClN9O3/c1-47(2)13-11-37(41(30-47)34-5-8-38(48)9-6-34)32-55-21-23-56(24-22-55)39-10-7-35(44(29-39)60-40-28-36-12-14-51-46(36)52-31-40)25-33-26-42(49-3)45(43(27-33)57(58)59)50-15-16-54-19-17-53(4)18-20-54/h5-10,12,14,26-29,31,49-50H,11,13,15-25,30,32H2,1-4H3,(H,51,52). The molecule has 0 amide bonds. The molecule has 0 radical (unpaired) electrons. The summed E-state index contributed by atoms with van der Waals surface area (Å²) in [5.41, 5.74) is 9.51. The van der Waals surface area contributed by atoms with Crippen molar-refractivity contribution in [1.82, 2.24) is 24.7 Å². The molecule has 0 spiro atoms. The molecule has 0 atom stereocenters. The first-order valence-corrected chi connectivity index (χ1v) is 21.7. The van der Waals surface area contributed by atoms with Crippen LogP contribution in [0.3, 0.4) is 0 Å². The molecule has 2 aromatic heterocycles. The number of H-pyrrole nitrogens is 1. The predicted octanol–water partition coefficient (Wildman–Crippen LogP) is 8.99. The average Bonchev–Trinajstić information content (AvgIpc) is 3.72. The van der Waals surface area contributed by atoms with Crippen molar-refractivity contribution in [2.75, 3.05) is 102 Å². The number of nitrogens with one attached hydrogen (secondary N) is 3. The first-order chi connectivity index (χ1) is 29.0. The van der Waals surface area contributed by atoms with Crippen LogP contribution >= 0.6 is 11.6 Å². The number of hydrogen-bond donors (Lipinski definition) is 3. The monoisotopic (exact) mass is 831 g/mol. The van der Waals surface area contributed by atoms with Crippen LogP contribution in [-0.4, -0.2) is 116 Å². The van der Waals surface area contributed by atoms with Crippen molar-refractivity contribution in [3.8, 4) is 11.5 Å². The van der Waals surface area contributed by atoms with E-state index in [4.69, 9.17) is 16.3 Å². The molecule has 2 saturated heterocycles. The van der Waals surface area contributed by atoms with Crippen molar-refractivity contribution in [3.63, 3.8) is 0 Å². The SMILES string of the molecule is CNc1cc(Cc2ccc(N3CCN(CC4=C(c5ccc(Cl)cc5)CC(C)(C)CC4)CC3)cc2Oc2cnc3[nH]ccc3c2)cc([N+](=O)[O-])c1NCCN1CCN(C)CC1. The highest BCUT2D eigenvalue weighted by Gasteiger charge is 2.30. The van der Waals surface area contributed by atoms with Gasteiger partial charge in [-0.1, -0.05) is 49.2 Å². The van der Waals surface area contributed by atoms with E-state index in [0.29, 0.717) is 35.8 Å². The Morgan fingerprint density at radius 3 is 2.47 bits per heavy atom. The highest BCUT2D eigenvalue weighted by molar-refractivity contribution is 6.30. The van der Waals surface area contributed by atoms with Gasteiger partial charge in [-0.05, 0) is 90.4 Å². The number of anilines is 3. The van der Waals surface area contributed by atoms with Gasteiger partial charge in [0.1, 0.15) is 22.8 Å². The number of aromatic amines is 1. The van der Waals surface area contributed by atoms with E-state index in [-0.39, 0.29) is 16.0 Å². The summed E-state index contributed by atoms with van der Waals surface area (Å²) in [7, 11) is 3.95. The van der Waals surface area contributed by atoms with Crippen LogP contribution in [0.5, 0.6) is 11.5 Å². The second kappa shape index (κ2) is 18.2. The number of pyridine rings is 1. The van der Waals surface area contributed by atoms with Gasteiger partial charge in [-0.2, -0.15) is 0 Å². The molecule has 4 heterocycles. The number of halogens is 1. The quantitative estimate of drug-likeness (QED) is 0.0740. The molecular formula is C47H58ClN9O3. The Balaban J connectivity index is 1.01. The molecule has 12 nitrogen and oxygen atoms in total. The molecule has 0 saturated carbocycles. The lowest BCUT2D eigenvalue weighted by Gasteiger charge is -2.39. The fraction of sp³-hybridized carbons (Fsp3) is 0.426. The zero-order valence-electron chi connectivity index (χ0n) is 35.4. The van der Waals surface area contributed by atoms with Crippen molar-refractivity contribution in [3.05, 3.63) is 117 Å². The van der Waals surface area contributed by atoms with Gasteiger partial charge in [-0.25, -0.2) is 4.98 Å².